The highest BCUT2D eigenvalue weighted by molar-refractivity contribution is 6.32. The monoisotopic (exact) mass is 440 g/mol. The number of esters is 1. The van der Waals surface area contributed by atoms with Gasteiger partial charge in [0.15, 0.2) is 0 Å². The Morgan fingerprint density at radius 1 is 1.29 bits per heavy atom. The summed E-state index contributed by atoms with van der Waals surface area (Å²) in [5, 5.41) is 7.37. The maximum Gasteiger partial charge on any atom is 0.337 e. The third-order valence-electron chi connectivity index (χ3n) is 5.03. The van der Waals surface area contributed by atoms with Crippen LogP contribution in [0.25, 0.3) is 11.1 Å². The molecule has 2 aromatic carbocycles. The number of hydrogen-bond acceptors (Lipinski definition) is 6. The highest BCUT2D eigenvalue weighted by Crippen LogP contribution is 2.39. The van der Waals surface area contributed by atoms with Crippen molar-refractivity contribution in [2.24, 2.45) is 0 Å². The van der Waals surface area contributed by atoms with Crippen LogP contribution in [0.2, 0.25) is 5.02 Å². The second-order valence-electron chi connectivity index (χ2n) is 7.18. The SMILES string of the molecule is COC(=O)c1cccc(-c2cc(Cl)c3c(c2)C[C@@H](CNC(=O)CCn2cncn2)O3)c1. The number of hydrogen-bond donors (Lipinski definition) is 1. The normalized spacial score (nSPS) is 14.6. The minimum atomic E-state index is -0.392. The standard InChI is InChI=1S/C22H21ClN4O4/c1-30-22(29)15-4-2-3-14(7-15)16-8-17-9-18(31-21(17)19(23)10-16)11-25-20(28)5-6-27-13-24-12-26-27/h2-4,7-8,10,12-13,18H,5-6,9,11H2,1H3,(H,25,28)/t18-/m0/s1. The summed E-state index contributed by atoms with van der Waals surface area (Å²) in [7, 11) is 1.35. The maximum atomic E-state index is 12.1. The van der Waals surface area contributed by atoms with Gasteiger partial charge in [0.1, 0.15) is 24.5 Å². The molecule has 2 heterocycles. The van der Waals surface area contributed by atoms with Crippen LogP contribution >= 0.6 is 11.6 Å². The first-order chi connectivity index (χ1) is 15.0. The number of methoxy groups -OCH3 is 1. The number of amides is 1. The molecule has 1 aliphatic heterocycles. The molecule has 0 radical (unpaired) electrons. The summed E-state index contributed by atoms with van der Waals surface area (Å²) in [6.45, 7) is 0.853. The van der Waals surface area contributed by atoms with Crippen molar-refractivity contribution >= 4 is 23.5 Å². The zero-order valence-electron chi connectivity index (χ0n) is 16.9. The quantitative estimate of drug-likeness (QED) is 0.567. The van der Waals surface area contributed by atoms with Gasteiger partial charge >= 0.3 is 5.97 Å². The zero-order valence-corrected chi connectivity index (χ0v) is 17.6. The second kappa shape index (κ2) is 9.18. The number of ether oxygens (including phenoxy) is 2. The van der Waals surface area contributed by atoms with Crippen molar-refractivity contribution in [2.45, 2.75) is 25.5 Å². The molecule has 8 nitrogen and oxygen atoms in total. The van der Waals surface area contributed by atoms with Crippen LogP contribution in [0.4, 0.5) is 0 Å². The Kier molecular flexibility index (Phi) is 6.18. The molecule has 1 aliphatic rings. The van der Waals surface area contributed by atoms with Crippen LogP contribution in [0, 0.1) is 0 Å². The van der Waals surface area contributed by atoms with E-state index in [4.69, 9.17) is 21.1 Å². The number of aryl methyl sites for hydroxylation is 1. The molecule has 0 aliphatic carbocycles. The lowest BCUT2D eigenvalue weighted by molar-refractivity contribution is -0.121. The van der Waals surface area contributed by atoms with Gasteiger partial charge in [-0.3, -0.25) is 9.48 Å². The number of halogens is 1. The Morgan fingerprint density at radius 3 is 2.94 bits per heavy atom. The third kappa shape index (κ3) is 4.86. The van der Waals surface area contributed by atoms with E-state index >= 15 is 0 Å². The van der Waals surface area contributed by atoms with Gasteiger partial charge < -0.3 is 14.8 Å². The Bertz CT molecular complexity index is 1100. The van der Waals surface area contributed by atoms with Crippen LogP contribution < -0.4 is 10.1 Å². The average Bonchev–Trinajstić information content (AvgIpc) is 3.45. The van der Waals surface area contributed by atoms with E-state index in [1.165, 1.54) is 13.4 Å². The van der Waals surface area contributed by atoms with Crippen molar-refractivity contribution in [3.05, 3.63) is 65.2 Å². The first kappa shape index (κ1) is 20.9. The van der Waals surface area contributed by atoms with E-state index in [2.05, 4.69) is 15.4 Å². The van der Waals surface area contributed by atoms with Gasteiger partial charge in [0.2, 0.25) is 5.91 Å². The van der Waals surface area contributed by atoms with Gasteiger partial charge in [-0.15, -0.1) is 0 Å². The van der Waals surface area contributed by atoms with Crippen LogP contribution in [-0.2, 0) is 22.5 Å². The fraction of sp³-hybridized carbons (Fsp3) is 0.273. The highest BCUT2D eigenvalue weighted by Gasteiger charge is 2.26. The molecule has 1 aromatic heterocycles. The predicted octanol–water partition coefficient (Wildman–Crippen LogP) is 2.90. The van der Waals surface area contributed by atoms with Crippen LogP contribution in [0.1, 0.15) is 22.3 Å². The number of nitrogens with zero attached hydrogens (tertiary/aromatic N) is 3. The first-order valence-electron chi connectivity index (χ1n) is 9.80. The van der Waals surface area contributed by atoms with Crippen molar-refractivity contribution in [2.75, 3.05) is 13.7 Å². The second-order valence-corrected chi connectivity index (χ2v) is 7.58. The van der Waals surface area contributed by atoms with Crippen molar-refractivity contribution < 1.29 is 19.1 Å². The minimum absolute atomic E-state index is 0.0820. The number of rotatable bonds is 7. The number of carbonyl (C=O) groups excluding carboxylic acids is 2. The number of aromatic nitrogens is 3. The van der Waals surface area contributed by atoms with Gasteiger partial charge in [-0.05, 0) is 35.4 Å². The molecule has 0 saturated heterocycles. The molecule has 0 bridgehead atoms. The van der Waals surface area contributed by atoms with Crippen molar-refractivity contribution in [1.82, 2.24) is 20.1 Å². The molecule has 0 saturated carbocycles. The molecule has 4 rings (SSSR count). The smallest absolute Gasteiger partial charge is 0.337 e. The third-order valence-corrected chi connectivity index (χ3v) is 5.31. The van der Waals surface area contributed by atoms with E-state index in [9.17, 15) is 9.59 Å². The van der Waals surface area contributed by atoms with Crippen LogP contribution in [-0.4, -0.2) is 46.4 Å². The predicted molar refractivity (Wildman–Crippen MR) is 114 cm³/mol. The van der Waals surface area contributed by atoms with Gasteiger partial charge in [0, 0.05) is 18.4 Å². The molecule has 1 amide bonds. The summed E-state index contributed by atoms with van der Waals surface area (Å²) in [6.07, 6.45) is 3.75. The summed E-state index contributed by atoms with van der Waals surface area (Å²) in [5.74, 6) is 0.162. The maximum absolute atomic E-state index is 12.1. The van der Waals surface area contributed by atoms with E-state index in [0.29, 0.717) is 42.3 Å². The van der Waals surface area contributed by atoms with E-state index in [0.717, 1.165) is 16.7 Å². The number of nitrogens with one attached hydrogen (secondary N) is 1. The Hall–Kier alpha value is -3.39. The fourth-order valence-corrected chi connectivity index (χ4v) is 3.78. The summed E-state index contributed by atoms with van der Waals surface area (Å²) < 4.78 is 12.4. The van der Waals surface area contributed by atoms with E-state index in [1.54, 1.807) is 29.2 Å². The van der Waals surface area contributed by atoms with Crippen molar-refractivity contribution in [3.8, 4) is 16.9 Å². The Balaban J connectivity index is 1.39. The molecule has 160 valence electrons. The zero-order chi connectivity index (χ0) is 21.8. The van der Waals surface area contributed by atoms with Gasteiger partial charge in [0.05, 0.1) is 30.8 Å². The lowest BCUT2D eigenvalue weighted by atomic mass is 9.99. The summed E-state index contributed by atoms with van der Waals surface area (Å²) in [5.41, 5.74) is 3.18. The summed E-state index contributed by atoms with van der Waals surface area (Å²) >= 11 is 6.47. The van der Waals surface area contributed by atoms with Crippen LogP contribution in [0.15, 0.2) is 49.1 Å². The molecule has 0 unspecified atom stereocenters. The molecule has 9 heteroatoms. The van der Waals surface area contributed by atoms with Crippen LogP contribution in [0.3, 0.4) is 0 Å². The molecule has 0 fully saturated rings. The molecular formula is C22H21ClN4O4. The summed E-state index contributed by atoms with van der Waals surface area (Å²) in [6, 6.07) is 11.0. The first-order valence-corrected chi connectivity index (χ1v) is 10.2. The topological polar surface area (TPSA) is 95.3 Å². The number of carbonyl (C=O) groups is 2. The van der Waals surface area contributed by atoms with Gasteiger partial charge in [-0.2, -0.15) is 5.10 Å². The molecule has 0 spiro atoms. The van der Waals surface area contributed by atoms with E-state index in [1.807, 2.05) is 18.2 Å². The van der Waals surface area contributed by atoms with Crippen molar-refractivity contribution in [3.63, 3.8) is 0 Å². The van der Waals surface area contributed by atoms with E-state index < -0.39 is 5.97 Å². The minimum Gasteiger partial charge on any atom is -0.486 e. The van der Waals surface area contributed by atoms with Crippen LogP contribution in [0.5, 0.6) is 5.75 Å². The number of fused-ring (bicyclic) bond motifs is 1. The molecule has 31 heavy (non-hydrogen) atoms. The number of benzene rings is 2. The molecule has 1 N–H and O–H groups in total. The molecule has 3 aromatic rings. The Labute approximate surface area is 184 Å². The fourth-order valence-electron chi connectivity index (χ4n) is 3.49. The van der Waals surface area contributed by atoms with E-state index in [-0.39, 0.29) is 12.0 Å². The van der Waals surface area contributed by atoms with Gasteiger partial charge in [-0.1, -0.05) is 23.7 Å². The lowest BCUT2D eigenvalue weighted by Gasteiger charge is -2.12. The lowest BCUT2D eigenvalue weighted by Crippen LogP contribution is -2.34. The molecular weight excluding hydrogens is 420 g/mol. The van der Waals surface area contributed by atoms with Gasteiger partial charge in [0.25, 0.3) is 0 Å². The Morgan fingerprint density at radius 2 is 2.16 bits per heavy atom. The van der Waals surface area contributed by atoms with Gasteiger partial charge in [-0.25, -0.2) is 9.78 Å². The average molecular weight is 441 g/mol. The molecule has 1 atom stereocenters. The summed E-state index contributed by atoms with van der Waals surface area (Å²) in [4.78, 5) is 27.8. The van der Waals surface area contributed by atoms with Crippen molar-refractivity contribution in [1.29, 1.82) is 0 Å². The highest BCUT2D eigenvalue weighted by atomic mass is 35.5. The largest absolute Gasteiger partial charge is 0.486 e.